The Morgan fingerprint density at radius 1 is 1.50 bits per heavy atom. The number of hydrogen-bond donors (Lipinski definition) is 0. The summed E-state index contributed by atoms with van der Waals surface area (Å²) in [4.78, 5) is 0. The number of rotatable bonds is 2. The molecule has 0 heterocycles. The molecule has 0 saturated carbocycles. The molecule has 0 aromatic rings. The van der Waals surface area contributed by atoms with E-state index in [1.807, 2.05) is 6.08 Å². The summed E-state index contributed by atoms with van der Waals surface area (Å²) in [7, 11) is 0. The van der Waals surface area contributed by atoms with Gasteiger partial charge >= 0.3 is 20.4 Å². The predicted molar refractivity (Wildman–Crippen MR) is 40.5 cm³/mol. The summed E-state index contributed by atoms with van der Waals surface area (Å²) in [6.45, 7) is 10.6. The molecule has 1 heteroatoms. The van der Waals surface area contributed by atoms with Gasteiger partial charge in [0.15, 0.2) is 0 Å². The van der Waals surface area contributed by atoms with Crippen molar-refractivity contribution in [2.75, 3.05) is 0 Å². The highest BCUT2D eigenvalue weighted by Crippen LogP contribution is 2.21. The van der Waals surface area contributed by atoms with E-state index in [2.05, 4.69) is 27.4 Å². The highest BCUT2D eigenvalue weighted by Gasteiger charge is 2.11. The van der Waals surface area contributed by atoms with Gasteiger partial charge in [0.1, 0.15) is 0 Å². The van der Waals surface area contributed by atoms with Crippen molar-refractivity contribution < 1.29 is 0 Å². The Bertz CT molecular complexity index is 68.9. The van der Waals surface area contributed by atoms with Crippen molar-refractivity contribution in [1.29, 1.82) is 0 Å². The Morgan fingerprint density at radius 2 is 2.00 bits per heavy atom. The SMILES string of the molecule is C=C[CH2][Mg][C](C)(C)C. The van der Waals surface area contributed by atoms with E-state index in [4.69, 9.17) is 0 Å². The van der Waals surface area contributed by atoms with Crippen molar-refractivity contribution in [3.05, 3.63) is 12.7 Å². The van der Waals surface area contributed by atoms with Gasteiger partial charge in [0.2, 0.25) is 0 Å². The first-order valence-corrected chi connectivity index (χ1v) is 4.88. The normalized spacial score (nSPS) is 10.4. The molecule has 0 amide bonds. The minimum absolute atomic E-state index is 0.132. The molecule has 0 unspecified atom stereocenters. The summed E-state index contributed by atoms with van der Waals surface area (Å²) in [5, 5.41) is 0. The molecule has 0 aromatic heterocycles. The van der Waals surface area contributed by atoms with Crippen LogP contribution in [0.3, 0.4) is 0 Å². The first kappa shape index (κ1) is 8.51. The fourth-order valence-corrected chi connectivity index (χ4v) is 1.61. The summed E-state index contributed by atoms with van der Waals surface area (Å²) in [6.07, 6.45) is 2.04. The Kier molecular flexibility index (Phi) is 3.74. The van der Waals surface area contributed by atoms with Crippen LogP contribution >= 0.6 is 0 Å². The lowest BCUT2D eigenvalue weighted by Gasteiger charge is -2.14. The van der Waals surface area contributed by atoms with E-state index in [1.165, 1.54) is 4.55 Å². The first-order valence-electron chi connectivity index (χ1n) is 3.17. The van der Waals surface area contributed by atoms with E-state index in [-0.39, 0.29) is 20.4 Å². The minimum atomic E-state index is 0.132. The molecule has 0 bridgehead atoms. The van der Waals surface area contributed by atoms with Crippen molar-refractivity contribution in [2.45, 2.75) is 28.9 Å². The van der Waals surface area contributed by atoms with E-state index in [9.17, 15) is 0 Å². The van der Waals surface area contributed by atoms with Crippen LogP contribution in [0, 0.1) is 0 Å². The average Bonchev–Trinajstić information content (AvgIpc) is 1.59. The molecule has 0 spiro atoms. The smallest absolute Gasteiger partial charge is 0.132 e. The zero-order valence-corrected chi connectivity index (χ0v) is 7.61. The van der Waals surface area contributed by atoms with Gasteiger partial charge < -0.3 is 0 Å². The van der Waals surface area contributed by atoms with E-state index >= 15 is 0 Å². The molecule has 44 valence electrons. The maximum atomic E-state index is 3.70. The summed E-state index contributed by atoms with van der Waals surface area (Å²) >= 11 is 0.132. The predicted octanol–water partition coefficient (Wildman–Crippen LogP) is 2.51. The highest BCUT2D eigenvalue weighted by molar-refractivity contribution is 6.40. The molecule has 0 radical (unpaired) electrons. The van der Waals surface area contributed by atoms with E-state index < -0.39 is 0 Å². The van der Waals surface area contributed by atoms with Crippen molar-refractivity contribution in [2.24, 2.45) is 0 Å². The molecule has 0 N–H and O–H groups in total. The van der Waals surface area contributed by atoms with Gasteiger partial charge in [0.25, 0.3) is 0 Å². The molecule has 0 aliphatic carbocycles. The van der Waals surface area contributed by atoms with Crippen LogP contribution in [-0.4, -0.2) is 20.4 Å². The third kappa shape index (κ3) is 6.51. The van der Waals surface area contributed by atoms with Gasteiger partial charge in [-0.25, -0.2) is 0 Å². The second-order valence-electron chi connectivity index (χ2n) is 3.39. The largest absolute Gasteiger partial charge is 0.378 e. The first-order chi connectivity index (χ1) is 3.56. The molecule has 0 fully saturated rings. The molecule has 0 aromatic carbocycles. The van der Waals surface area contributed by atoms with Crippen molar-refractivity contribution >= 4 is 20.4 Å². The van der Waals surface area contributed by atoms with Crippen LogP contribution in [-0.2, 0) is 0 Å². The molecular formula is C7H14Mg. The standard InChI is InChI=1S/C4H9.C3H5.Mg/c1-4(2)3;1-3-2;/h1-3H3;3H,1-2H2;. The average molecular weight is 122 g/mol. The van der Waals surface area contributed by atoms with E-state index in [0.29, 0.717) is 3.54 Å². The molecular weight excluding hydrogens is 108 g/mol. The van der Waals surface area contributed by atoms with E-state index in [1.54, 1.807) is 0 Å². The second kappa shape index (κ2) is 3.52. The van der Waals surface area contributed by atoms with Crippen molar-refractivity contribution in [3.8, 4) is 0 Å². The lowest BCUT2D eigenvalue weighted by Crippen LogP contribution is -2.05. The van der Waals surface area contributed by atoms with Crippen LogP contribution < -0.4 is 0 Å². The summed E-state index contributed by atoms with van der Waals surface area (Å²) in [5.74, 6) is 0. The lowest BCUT2D eigenvalue weighted by atomic mass is 10.2. The van der Waals surface area contributed by atoms with Crippen LogP contribution in [0.25, 0.3) is 0 Å². The van der Waals surface area contributed by atoms with Crippen LogP contribution in [0.15, 0.2) is 12.7 Å². The van der Waals surface area contributed by atoms with Gasteiger partial charge in [-0.1, -0.05) is 20.8 Å². The second-order valence-corrected chi connectivity index (χ2v) is 6.59. The fourth-order valence-electron chi connectivity index (χ4n) is 0.535. The summed E-state index contributed by atoms with van der Waals surface area (Å²) in [6, 6.07) is 0. The molecule has 0 atom stereocenters. The Hall–Kier alpha value is 0.506. The van der Waals surface area contributed by atoms with Crippen LogP contribution in [0.4, 0.5) is 0 Å². The molecule has 0 saturated heterocycles. The topological polar surface area (TPSA) is 0 Å². The monoisotopic (exact) mass is 122 g/mol. The lowest BCUT2D eigenvalue weighted by molar-refractivity contribution is 0.752. The summed E-state index contributed by atoms with van der Waals surface area (Å²) < 4.78 is 1.90. The van der Waals surface area contributed by atoms with E-state index in [0.717, 1.165) is 0 Å². The van der Waals surface area contributed by atoms with Gasteiger partial charge in [0.05, 0.1) is 0 Å². The van der Waals surface area contributed by atoms with Crippen molar-refractivity contribution in [1.82, 2.24) is 0 Å². The van der Waals surface area contributed by atoms with Gasteiger partial charge in [-0.2, -0.15) is 0 Å². The zero-order valence-electron chi connectivity index (χ0n) is 6.20. The van der Waals surface area contributed by atoms with Crippen molar-refractivity contribution in [3.63, 3.8) is 0 Å². The molecule has 0 aliphatic rings. The number of hydrogen-bond acceptors (Lipinski definition) is 0. The fraction of sp³-hybridized carbons (Fsp3) is 0.714. The minimum Gasteiger partial charge on any atom is -0.132 e. The van der Waals surface area contributed by atoms with Crippen LogP contribution in [0.2, 0.25) is 8.09 Å². The maximum absolute atomic E-state index is 3.70. The van der Waals surface area contributed by atoms with Gasteiger partial charge in [0, 0.05) is 0 Å². The highest BCUT2D eigenvalue weighted by atomic mass is 24.5. The zero-order chi connectivity index (χ0) is 6.62. The van der Waals surface area contributed by atoms with Gasteiger partial charge in [-0.05, 0) is 0 Å². The van der Waals surface area contributed by atoms with Crippen LogP contribution in [0.5, 0.6) is 0 Å². The molecule has 0 aliphatic heterocycles. The summed E-state index contributed by atoms with van der Waals surface area (Å²) in [5.41, 5.74) is 0. The van der Waals surface area contributed by atoms with Gasteiger partial charge in [-0.15, -0.1) is 20.7 Å². The molecule has 0 rings (SSSR count). The Labute approximate surface area is 62.1 Å². The molecule has 0 nitrogen and oxygen atoms in total. The Balaban J connectivity index is 3.24. The molecule has 8 heavy (non-hydrogen) atoms. The van der Waals surface area contributed by atoms with Crippen LogP contribution in [0.1, 0.15) is 20.8 Å². The third-order valence-electron chi connectivity index (χ3n) is 1.10. The Morgan fingerprint density at radius 3 is 2.12 bits per heavy atom. The number of allylic oxidation sites excluding steroid dienone is 1. The van der Waals surface area contributed by atoms with Gasteiger partial charge in [-0.3, -0.25) is 0 Å². The third-order valence-corrected chi connectivity index (χ3v) is 3.30. The quantitative estimate of drug-likeness (QED) is 0.390. The maximum Gasteiger partial charge on any atom is 0.378 e.